The van der Waals surface area contributed by atoms with Gasteiger partial charge in [0.25, 0.3) is 0 Å². The molecular weight excluding hydrogens is 256 g/mol. The Morgan fingerprint density at radius 1 is 1.21 bits per heavy atom. The maximum atomic E-state index is 5.88. The van der Waals surface area contributed by atoms with Gasteiger partial charge >= 0.3 is 0 Å². The monoisotopic (exact) mass is 274 g/mol. The lowest BCUT2D eigenvalue weighted by atomic mass is 9.90. The van der Waals surface area contributed by atoms with E-state index in [1.807, 2.05) is 12.3 Å². The number of nitrogens with zero attached hydrogens (tertiary/aromatic N) is 2. The fourth-order valence-corrected chi connectivity index (χ4v) is 2.88. The normalized spacial score (nSPS) is 15.4. The highest BCUT2D eigenvalue weighted by atomic mass is 35.5. The molecule has 1 aliphatic carbocycles. The van der Waals surface area contributed by atoms with E-state index in [0.717, 1.165) is 24.4 Å². The van der Waals surface area contributed by atoms with Gasteiger partial charge in [-0.3, -0.25) is 4.98 Å². The second-order valence-corrected chi connectivity index (χ2v) is 5.55. The van der Waals surface area contributed by atoms with Crippen molar-refractivity contribution in [2.45, 2.75) is 31.7 Å². The summed E-state index contributed by atoms with van der Waals surface area (Å²) in [7, 11) is 0. The molecular formula is C16H19ClN2. The quantitative estimate of drug-likeness (QED) is 0.759. The number of alkyl halides is 1. The topological polar surface area (TPSA) is 16.1 Å². The minimum atomic E-state index is 0.689. The molecule has 100 valence electrons. The number of rotatable bonds is 5. The van der Waals surface area contributed by atoms with Crippen LogP contribution in [0.1, 0.15) is 25.7 Å². The SMILES string of the molecule is ClCCCN(c1ccnc2ccccc12)C1CCC1. The van der Waals surface area contributed by atoms with E-state index in [0.29, 0.717) is 6.04 Å². The summed E-state index contributed by atoms with van der Waals surface area (Å²) in [4.78, 5) is 6.99. The summed E-state index contributed by atoms with van der Waals surface area (Å²) >= 11 is 5.88. The number of benzene rings is 1. The van der Waals surface area contributed by atoms with Gasteiger partial charge in [-0.05, 0) is 37.8 Å². The summed E-state index contributed by atoms with van der Waals surface area (Å²) in [5.41, 5.74) is 2.40. The first kappa shape index (κ1) is 12.7. The van der Waals surface area contributed by atoms with Gasteiger partial charge in [0.05, 0.1) is 5.52 Å². The van der Waals surface area contributed by atoms with Crippen molar-refractivity contribution >= 4 is 28.2 Å². The van der Waals surface area contributed by atoms with Gasteiger partial charge < -0.3 is 4.90 Å². The minimum Gasteiger partial charge on any atom is -0.368 e. The van der Waals surface area contributed by atoms with E-state index in [2.05, 4.69) is 34.1 Å². The van der Waals surface area contributed by atoms with Crippen molar-refractivity contribution in [2.24, 2.45) is 0 Å². The van der Waals surface area contributed by atoms with Crippen LogP contribution < -0.4 is 4.90 Å². The van der Waals surface area contributed by atoms with Crippen LogP contribution in [0.2, 0.25) is 0 Å². The maximum absolute atomic E-state index is 5.88. The van der Waals surface area contributed by atoms with E-state index in [1.54, 1.807) is 0 Å². The highest BCUT2D eigenvalue weighted by Crippen LogP contribution is 2.33. The van der Waals surface area contributed by atoms with Crippen LogP contribution in [0, 0.1) is 0 Å². The molecule has 0 N–H and O–H groups in total. The number of para-hydroxylation sites is 1. The third-order valence-electron chi connectivity index (χ3n) is 3.98. The standard InChI is InChI=1S/C16H19ClN2/c17-10-4-12-19(13-5-3-6-13)16-9-11-18-15-8-2-1-7-14(15)16/h1-2,7-9,11,13H,3-6,10,12H2. The van der Waals surface area contributed by atoms with E-state index < -0.39 is 0 Å². The Bertz CT molecular complexity index is 546. The van der Waals surface area contributed by atoms with E-state index >= 15 is 0 Å². The molecule has 1 aromatic heterocycles. The summed E-state index contributed by atoms with van der Waals surface area (Å²) in [5, 5.41) is 1.26. The van der Waals surface area contributed by atoms with Crippen LogP contribution in [0.25, 0.3) is 10.9 Å². The average molecular weight is 275 g/mol. The molecule has 0 saturated heterocycles. The highest BCUT2D eigenvalue weighted by molar-refractivity contribution is 6.17. The number of fused-ring (bicyclic) bond motifs is 1. The van der Waals surface area contributed by atoms with Gasteiger partial charge in [-0.2, -0.15) is 0 Å². The molecule has 1 heterocycles. The lowest BCUT2D eigenvalue weighted by molar-refractivity contribution is 0.386. The van der Waals surface area contributed by atoms with Crippen LogP contribution in [-0.2, 0) is 0 Å². The first-order chi connectivity index (χ1) is 9.40. The Morgan fingerprint density at radius 3 is 2.79 bits per heavy atom. The third-order valence-corrected chi connectivity index (χ3v) is 4.25. The highest BCUT2D eigenvalue weighted by Gasteiger charge is 2.25. The summed E-state index contributed by atoms with van der Waals surface area (Å²) < 4.78 is 0. The van der Waals surface area contributed by atoms with E-state index in [-0.39, 0.29) is 0 Å². The van der Waals surface area contributed by atoms with Crippen molar-refractivity contribution in [1.82, 2.24) is 4.98 Å². The molecule has 2 aromatic rings. The zero-order valence-corrected chi connectivity index (χ0v) is 11.8. The van der Waals surface area contributed by atoms with Gasteiger partial charge in [0.15, 0.2) is 0 Å². The first-order valence-corrected chi connectivity index (χ1v) is 7.60. The number of pyridine rings is 1. The molecule has 2 nitrogen and oxygen atoms in total. The van der Waals surface area contributed by atoms with E-state index in [9.17, 15) is 0 Å². The zero-order valence-electron chi connectivity index (χ0n) is 11.1. The van der Waals surface area contributed by atoms with Crippen molar-refractivity contribution in [3.63, 3.8) is 0 Å². The van der Waals surface area contributed by atoms with Crippen LogP contribution in [0.5, 0.6) is 0 Å². The Hall–Kier alpha value is -1.28. The number of hydrogen-bond acceptors (Lipinski definition) is 2. The fourth-order valence-electron chi connectivity index (χ4n) is 2.76. The predicted molar refractivity (Wildman–Crippen MR) is 82.1 cm³/mol. The van der Waals surface area contributed by atoms with Crippen LogP contribution >= 0.6 is 11.6 Å². The number of hydrogen-bond donors (Lipinski definition) is 0. The lowest BCUT2D eigenvalue weighted by Crippen LogP contribution is -2.41. The summed E-state index contributed by atoms with van der Waals surface area (Å²) in [5.74, 6) is 0.728. The molecule has 0 aliphatic heterocycles. The Balaban J connectivity index is 1.98. The Morgan fingerprint density at radius 2 is 2.05 bits per heavy atom. The average Bonchev–Trinajstić information content (AvgIpc) is 2.41. The van der Waals surface area contributed by atoms with Gasteiger partial charge in [-0.25, -0.2) is 0 Å². The first-order valence-electron chi connectivity index (χ1n) is 7.06. The van der Waals surface area contributed by atoms with Crippen LogP contribution in [0.4, 0.5) is 5.69 Å². The molecule has 0 spiro atoms. The second kappa shape index (κ2) is 5.79. The second-order valence-electron chi connectivity index (χ2n) is 5.17. The van der Waals surface area contributed by atoms with Gasteiger partial charge in [0, 0.05) is 35.7 Å². The molecule has 0 atom stereocenters. The van der Waals surface area contributed by atoms with Crippen LogP contribution in [-0.4, -0.2) is 23.5 Å². The number of anilines is 1. The molecule has 1 aromatic carbocycles. The van der Waals surface area contributed by atoms with E-state index in [4.69, 9.17) is 11.6 Å². The Kier molecular flexibility index (Phi) is 3.88. The molecule has 1 aliphatic rings. The van der Waals surface area contributed by atoms with Gasteiger partial charge in [-0.1, -0.05) is 18.2 Å². The minimum absolute atomic E-state index is 0.689. The number of aromatic nitrogens is 1. The van der Waals surface area contributed by atoms with Crippen molar-refractivity contribution < 1.29 is 0 Å². The summed E-state index contributed by atoms with van der Waals surface area (Å²) in [6.45, 7) is 1.04. The molecule has 3 rings (SSSR count). The maximum Gasteiger partial charge on any atom is 0.0722 e. The predicted octanol–water partition coefficient (Wildman–Crippen LogP) is 4.22. The van der Waals surface area contributed by atoms with Crippen molar-refractivity contribution in [3.05, 3.63) is 36.5 Å². The number of halogens is 1. The van der Waals surface area contributed by atoms with Gasteiger partial charge in [0.1, 0.15) is 0 Å². The molecule has 1 fully saturated rings. The van der Waals surface area contributed by atoms with Crippen LogP contribution in [0.15, 0.2) is 36.5 Å². The summed E-state index contributed by atoms with van der Waals surface area (Å²) in [6.07, 6.45) is 6.92. The lowest BCUT2D eigenvalue weighted by Gasteiger charge is -2.39. The van der Waals surface area contributed by atoms with Crippen molar-refractivity contribution in [2.75, 3.05) is 17.3 Å². The van der Waals surface area contributed by atoms with Crippen LogP contribution in [0.3, 0.4) is 0 Å². The smallest absolute Gasteiger partial charge is 0.0722 e. The van der Waals surface area contributed by atoms with Crippen molar-refractivity contribution in [1.29, 1.82) is 0 Å². The van der Waals surface area contributed by atoms with Gasteiger partial charge in [-0.15, -0.1) is 11.6 Å². The molecule has 0 radical (unpaired) electrons. The zero-order chi connectivity index (χ0) is 13.1. The Labute approximate surface area is 119 Å². The van der Waals surface area contributed by atoms with Gasteiger partial charge in [0.2, 0.25) is 0 Å². The largest absolute Gasteiger partial charge is 0.368 e. The summed E-state index contributed by atoms with van der Waals surface area (Å²) in [6, 6.07) is 11.2. The van der Waals surface area contributed by atoms with Crippen molar-refractivity contribution in [3.8, 4) is 0 Å². The van der Waals surface area contributed by atoms with E-state index in [1.165, 1.54) is 30.3 Å². The molecule has 3 heteroatoms. The molecule has 0 amide bonds. The molecule has 0 bridgehead atoms. The third kappa shape index (κ3) is 2.55. The molecule has 1 saturated carbocycles. The molecule has 0 unspecified atom stereocenters. The molecule has 19 heavy (non-hydrogen) atoms. The fraction of sp³-hybridized carbons (Fsp3) is 0.438.